The van der Waals surface area contributed by atoms with Gasteiger partial charge in [-0.3, -0.25) is 9.48 Å². The standard InChI is InChI=1S/C17H21N3O4/c1-22-12-6-11(7-13(8-12)23-2)17-14-9-18-5-4-15(14)20(19-17)10-16(21)24-3/h6-8,18H,4-5,9-10H2,1-3H3. The van der Waals surface area contributed by atoms with Crippen molar-refractivity contribution >= 4 is 5.97 Å². The number of fused-ring (bicyclic) bond motifs is 1. The first-order valence-corrected chi connectivity index (χ1v) is 7.75. The summed E-state index contributed by atoms with van der Waals surface area (Å²) in [6, 6.07) is 5.66. The van der Waals surface area contributed by atoms with Crippen molar-refractivity contribution in [2.75, 3.05) is 27.9 Å². The van der Waals surface area contributed by atoms with Crippen molar-refractivity contribution in [1.29, 1.82) is 0 Å². The van der Waals surface area contributed by atoms with Crippen LogP contribution in [0.4, 0.5) is 0 Å². The molecule has 0 spiro atoms. The Morgan fingerprint density at radius 1 is 1.21 bits per heavy atom. The Bertz CT molecular complexity index is 732. The molecule has 1 N–H and O–H groups in total. The van der Waals surface area contributed by atoms with Crippen LogP contribution < -0.4 is 14.8 Å². The molecular weight excluding hydrogens is 310 g/mol. The maximum Gasteiger partial charge on any atom is 0.327 e. The van der Waals surface area contributed by atoms with Crippen molar-refractivity contribution in [1.82, 2.24) is 15.1 Å². The van der Waals surface area contributed by atoms with Gasteiger partial charge in [0.1, 0.15) is 18.0 Å². The topological polar surface area (TPSA) is 74.6 Å². The molecular formula is C17H21N3O4. The molecule has 24 heavy (non-hydrogen) atoms. The summed E-state index contributed by atoms with van der Waals surface area (Å²) in [5, 5.41) is 8.02. The number of carbonyl (C=O) groups excluding carboxylic acids is 1. The van der Waals surface area contributed by atoms with Crippen LogP contribution in [-0.4, -0.2) is 43.6 Å². The number of methoxy groups -OCH3 is 3. The highest BCUT2D eigenvalue weighted by molar-refractivity contribution is 5.71. The highest BCUT2D eigenvalue weighted by atomic mass is 16.5. The molecule has 2 heterocycles. The molecule has 0 radical (unpaired) electrons. The van der Waals surface area contributed by atoms with Crippen LogP contribution in [-0.2, 0) is 29.0 Å². The van der Waals surface area contributed by atoms with Gasteiger partial charge in [-0.05, 0) is 12.1 Å². The van der Waals surface area contributed by atoms with Gasteiger partial charge in [0.05, 0.1) is 27.0 Å². The molecule has 0 bridgehead atoms. The number of hydrogen-bond donors (Lipinski definition) is 1. The third kappa shape index (κ3) is 3.07. The van der Waals surface area contributed by atoms with E-state index in [0.717, 1.165) is 35.5 Å². The summed E-state index contributed by atoms with van der Waals surface area (Å²) >= 11 is 0. The van der Waals surface area contributed by atoms with E-state index in [4.69, 9.17) is 14.2 Å². The number of aromatic nitrogens is 2. The van der Waals surface area contributed by atoms with E-state index in [-0.39, 0.29) is 12.5 Å². The Kier molecular flexibility index (Phi) is 4.71. The molecule has 0 unspecified atom stereocenters. The number of hydrogen-bond acceptors (Lipinski definition) is 6. The zero-order valence-corrected chi connectivity index (χ0v) is 14.1. The second-order valence-corrected chi connectivity index (χ2v) is 5.54. The van der Waals surface area contributed by atoms with Crippen LogP contribution in [0.1, 0.15) is 11.3 Å². The molecule has 1 aromatic heterocycles. The van der Waals surface area contributed by atoms with Crippen LogP contribution >= 0.6 is 0 Å². The summed E-state index contributed by atoms with van der Waals surface area (Å²) in [5.74, 6) is 1.09. The fourth-order valence-corrected chi connectivity index (χ4v) is 2.91. The average Bonchev–Trinajstić information content (AvgIpc) is 2.99. The normalized spacial score (nSPS) is 13.3. The van der Waals surface area contributed by atoms with Gasteiger partial charge in [0.25, 0.3) is 0 Å². The Hall–Kier alpha value is -2.54. The van der Waals surface area contributed by atoms with E-state index >= 15 is 0 Å². The molecule has 7 heteroatoms. The smallest absolute Gasteiger partial charge is 0.327 e. The number of nitrogens with zero attached hydrogens (tertiary/aromatic N) is 2. The predicted molar refractivity (Wildman–Crippen MR) is 88.2 cm³/mol. The summed E-state index contributed by atoms with van der Waals surface area (Å²) in [6.45, 7) is 1.69. The number of carbonyl (C=O) groups is 1. The molecule has 0 saturated carbocycles. The fraction of sp³-hybridized carbons (Fsp3) is 0.412. The summed E-state index contributed by atoms with van der Waals surface area (Å²) in [6.07, 6.45) is 0.820. The molecule has 3 rings (SSSR count). The van der Waals surface area contributed by atoms with Gasteiger partial charge >= 0.3 is 5.97 Å². The van der Waals surface area contributed by atoms with E-state index in [9.17, 15) is 4.79 Å². The van der Waals surface area contributed by atoms with Crippen LogP contribution in [0.5, 0.6) is 11.5 Å². The third-order valence-electron chi connectivity index (χ3n) is 4.14. The van der Waals surface area contributed by atoms with Gasteiger partial charge in [0.2, 0.25) is 0 Å². The summed E-state index contributed by atoms with van der Waals surface area (Å²) in [5.41, 5.74) is 3.89. The average molecular weight is 331 g/mol. The summed E-state index contributed by atoms with van der Waals surface area (Å²) in [7, 11) is 4.62. The van der Waals surface area contributed by atoms with Crippen molar-refractivity contribution in [3.05, 3.63) is 29.5 Å². The number of benzene rings is 1. The zero-order chi connectivity index (χ0) is 17.1. The van der Waals surface area contributed by atoms with Crippen molar-refractivity contribution in [2.24, 2.45) is 0 Å². The van der Waals surface area contributed by atoms with Crippen LogP contribution in [0, 0.1) is 0 Å². The van der Waals surface area contributed by atoms with Gasteiger partial charge in [0, 0.05) is 42.4 Å². The lowest BCUT2D eigenvalue weighted by Crippen LogP contribution is -2.26. The number of rotatable bonds is 5. The van der Waals surface area contributed by atoms with E-state index in [1.165, 1.54) is 7.11 Å². The first-order valence-electron chi connectivity index (χ1n) is 7.75. The van der Waals surface area contributed by atoms with Crippen LogP contribution in [0.3, 0.4) is 0 Å². The quantitative estimate of drug-likeness (QED) is 0.835. The summed E-state index contributed by atoms with van der Waals surface area (Å²) in [4.78, 5) is 11.7. The Balaban J connectivity index is 2.09. The second kappa shape index (κ2) is 6.92. The first kappa shape index (κ1) is 16.3. The van der Waals surface area contributed by atoms with Gasteiger partial charge in [-0.1, -0.05) is 0 Å². The maximum atomic E-state index is 11.7. The lowest BCUT2D eigenvalue weighted by Gasteiger charge is -2.15. The molecule has 7 nitrogen and oxygen atoms in total. The molecule has 1 aliphatic rings. The molecule has 0 atom stereocenters. The molecule has 0 saturated heterocycles. The third-order valence-corrected chi connectivity index (χ3v) is 4.14. The Labute approximate surface area is 140 Å². The van der Waals surface area contributed by atoms with Crippen LogP contribution in [0.15, 0.2) is 18.2 Å². The molecule has 128 valence electrons. The van der Waals surface area contributed by atoms with Gasteiger partial charge in [-0.25, -0.2) is 0 Å². The van der Waals surface area contributed by atoms with E-state index < -0.39 is 0 Å². The second-order valence-electron chi connectivity index (χ2n) is 5.54. The number of ether oxygens (including phenoxy) is 3. The Morgan fingerprint density at radius 3 is 2.54 bits per heavy atom. The Morgan fingerprint density at radius 2 is 1.92 bits per heavy atom. The minimum Gasteiger partial charge on any atom is -0.497 e. The largest absolute Gasteiger partial charge is 0.497 e. The predicted octanol–water partition coefficient (Wildman–Crippen LogP) is 1.39. The highest BCUT2D eigenvalue weighted by Gasteiger charge is 2.23. The van der Waals surface area contributed by atoms with Crippen molar-refractivity contribution < 1.29 is 19.0 Å². The molecule has 1 aliphatic heterocycles. The molecule has 0 amide bonds. The van der Waals surface area contributed by atoms with Crippen molar-refractivity contribution in [2.45, 2.75) is 19.5 Å². The highest BCUT2D eigenvalue weighted by Crippen LogP contribution is 2.33. The molecule has 0 fully saturated rings. The molecule has 0 aliphatic carbocycles. The van der Waals surface area contributed by atoms with Gasteiger partial charge in [0.15, 0.2) is 0 Å². The van der Waals surface area contributed by atoms with Crippen LogP contribution in [0.25, 0.3) is 11.3 Å². The number of nitrogens with one attached hydrogen (secondary N) is 1. The van der Waals surface area contributed by atoms with E-state index in [1.54, 1.807) is 18.9 Å². The minimum atomic E-state index is -0.311. The molecule has 1 aromatic carbocycles. The van der Waals surface area contributed by atoms with Crippen molar-refractivity contribution in [3.8, 4) is 22.8 Å². The fourth-order valence-electron chi connectivity index (χ4n) is 2.91. The van der Waals surface area contributed by atoms with E-state index in [2.05, 4.69) is 10.4 Å². The van der Waals surface area contributed by atoms with Gasteiger partial charge < -0.3 is 19.5 Å². The van der Waals surface area contributed by atoms with Crippen molar-refractivity contribution in [3.63, 3.8) is 0 Å². The monoisotopic (exact) mass is 331 g/mol. The lowest BCUT2D eigenvalue weighted by molar-refractivity contribution is -0.141. The molecule has 2 aromatic rings. The SMILES string of the molecule is COC(=O)Cn1nc(-c2cc(OC)cc(OC)c2)c2c1CCNC2. The number of esters is 1. The minimum absolute atomic E-state index is 0.111. The summed E-state index contributed by atoms with van der Waals surface area (Å²) < 4.78 is 17.2. The maximum absolute atomic E-state index is 11.7. The lowest BCUT2D eigenvalue weighted by atomic mass is 10.0. The van der Waals surface area contributed by atoms with Gasteiger partial charge in [-0.15, -0.1) is 0 Å². The first-order chi connectivity index (χ1) is 11.7. The van der Waals surface area contributed by atoms with E-state index in [1.807, 2.05) is 18.2 Å². The zero-order valence-electron chi connectivity index (χ0n) is 14.1. The van der Waals surface area contributed by atoms with Gasteiger partial charge in [-0.2, -0.15) is 5.10 Å². The van der Waals surface area contributed by atoms with E-state index in [0.29, 0.717) is 18.0 Å². The van der Waals surface area contributed by atoms with Crippen LogP contribution in [0.2, 0.25) is 0 Å².